The van der Waals surface area contributed by atoms with Gasteiger partial charge in [0.25, 0.3) is 5.91 Å². The molecule has 20 heavy (non-hydrogen) atoms. The Morgan fingerprint density at radius 2 is 2.30 bits per heavy atom. The first kappa shape index (κ1) is 14.3. The summed E-state index contributed by atoms with van der Waals surface area (Å²) < 4.78 is 5.66. The number of nitrogens with zero attached hydrogens (tertiary/aromatic N) is 2. The maximum atomic E-state index is 11.0. The number of aromatic amines is 1. The second-order valence-electron chi connectivity index (χ2n) is 4.71. The van der Waals surface area contributed by atoms with Crippen LogP contribution in [-0.4, -0.2) is 27.5 Å². The Hall–Kier alpha value is -2.08. The highest BCUT2D eigenvalue weighted by Gasteiger charge is 2.13. The molecule has 0 radical (unpaired) electrons. The molecule has 6 nitrogen and oxygen atoms in total. The fourth-order valence-corrected chi connectivity index (χ4v) is 1.75. The van der Waals surface area contributed by atoms with Crippen molar-refractivity contribution < 1.29 is 9.53 Å². The molecule has 0 bridgehead atoms. The topological polar surface area (TPSA) is 93.9 Å². The minimum atomic E-state index is -0.692. The van der Waals surface area contributed by atoms with Gasteiger partial charge < -0.3 is 15.5 Å². The van der Waals surface area contributed by atoms with Crippen molar-refractivity contribution in [2.24, 2.45) is 11.7 Å². The first-order valence-corrected chi connectivity index (χ1v) is 6.48. The van der Waals surface area contributed by atoms with E-state index in [0.717, 1.165) is 0 Å². The van der Waals surface area contributed by atoms with Crippen molar-refractivity contribution in [3.8, 4) is 5.88 Å². The number of halogens is 1. The lowest BCUT2D eigenvalue weighted by molar-refractivity contribution is -0.113. The Balaban J connectivity index is 2.46. The van der Waals surface area contributed by atoms with Crippen LogP contribution in [0.2, 0.25) is 0 Å². The third-order valence-electron chi connectivity index (χ3n) is 2.54. The second kappa shape index (κ2) is 5.92. The number of hydrogen-bond acceptors (Lipinski definition) is 4. The van der Waals surface area contributed by atoms with Crippen LogP contribution >= 0.6 is 11.6 Å². The van der Waals surface area contributed by atoms with Crippen molar-refractivity contribution in [3.05, 3.63) is 23.1 Å². The molecule has 2 heterocycles. The number of fused-ring (bicyclic) bond motifs is 1. The lowest BCUT2D eigenvalue weighted by Gasteiger charge is -2.08. The summed E-state index contributed by atoms with van der Waals surface area (Å²) >= 11 is 5.78. The Morgan fingerprint density at radius 3 is 2.95 bits per heavy atom. The van der Waals surface area contributed by atoms with Crippen LogP contribution in [0.3, 0.4) is 0 Å². The summed E-state index contributed by atoms with van der Waals surface area (Å²) in [5.41, 5.74) is 6.39. The predicted octanol–water partition coefficient (Wildman–Crippen LogP) is 2.06. The predicted molar refractivity (Wildman–Crippen MR) is 77.2 cm³/mol. The number of nitrogens with two attached hydrogens (primary N) is 1. The van der Waals surface area contributed by atoms with Crippen LogP contribution in [0.4, 0.5) is 0 Å². The largest absolute Gasteiger partial charge is 0.477 e. The molecule has 0 aromatic carbocycles. The van der Waals surface area contributed by atoms with Crippen molar-refractivity contribution in [3.63, 3.8) is 0 Å². The number of aromatic nitrogens is 3. The first-order chi connectivity index (χ1) is 9.49. The van der Waals surface area contributed by atoms with Gasteiger partial charge in [-0.1, -0.05) is 25.4 Å². The smallest absolute Gasteiger partial charge is 0.260 e. The summed E-state index contributed by atoms with van der Waals surface area (Å²) in [6, 6.07) is 0. The number of carbonyl (C=O) groups excluding carboxylic acids is 1. The van der Waals surface area contributed by atoms with Gasteiger partial charge in [-0.15, -0.1) is 0 Å². The molecule has 0 unspecified atom stereocenters. The van der Waals surface area contributed by atoms with E-state index in [-0.39, 0.29) is 5.03 Å². The van der Waals surface area contributed by atoms with Gasteiger partial charge in [0.05, 0.1) is 12.0 Å². The molecular weight excluding hydrogens is 280 g/mol. The molecule has 2 aromatic rings. The second-order valence-corrected chi connectivity index (χ2v) is 5.12. The van der Waals surface area contributed by atoms with E-state index in [9.17, 15) is 4.79 Å². The van der Waals surface area contributed by atoms with Gasteiger partial charge >= 0.3 is 0 Å². The molecule has 3 N–H and O–H groups in total. The monoisotopic (exact) mass is 294 g/mol. The zero-order valence-corrected chi connectivity index (χ0v) is 11.9. The van der Waals surface area contributed by atoms with Gasteiger partial charge in [0, 0.05) is 11.8 Å². The SMILES string of the molecule is CC(C)COc1ncnc2[nH]cc(/C=C(/Cl)C(N)=O)c12. The number of amides is 1. The number of carbonyl (C=O) groups is 1. The lowest BCUT2D eigenvalue weighted by Crippen LogP contribution is -2.10. The van der Waals surface area contributed by atoms with Crippen LogP contribution in [0, 0.1) is 5.92 Å². The molecule has 2 aromatic heterocycles. The van der Waals surface area contributed by atoms with Crippen LogP contribution in [-0.2, 0) is 4.79 Å². The number of rotatable bonds is 5. The maximum absolute atomic E-state index is 11.0. The third-order valence-corrected chi connectivity index (χ3v) is 2.83. The summed E-state index contributed by atoms with van der Waals surface area (Å²) in [6.07, 6.45) is 4.55. The van der Waals surface area contributed by atoms with E-state index in [2.05, 4.69) is 15.0 Å². The number of ether oxygens (including phenoxy) is 1. The quantitative estimate of drug-likeness (QED) is 0.825. The molecule has 0 aliphatic rings. The standard InChI is InChI=1S/C13H15ClN4O2/c1-7(2)5-20-13-10-8(3-9(14)11(15)19)4-16-12(10)17-6-18-13/h3-4,6-7H,5H2,1-2H3,(H2,15,19)(H,16,17,18)/b9-3+. The number of nitrogens with one attached hydrogen (secondary N) is 1. The van der Waals surface area contributed by atoms with E-state index in [0.29, 0.717) is 35.0 Å². The molecule has 0 aliphatic carbocycles. The van der Waals surface area contributed by atoms with Crippen molar-refractivity contribution in [1.29, 1.82) is 0 Å². The van der Waals surface area contributed by atoms with E-state index in [1.54, 1.807) is 6.20 Å². The highest BCUT2D eigenvalue weighted by molar-refractivity contribution is 6.44. The van der Waals surface area contributed by atoms with E-state index >= 15 is 0 Å². The van der Waals surface area contributed by atoms with Gasteiger partial charge in [-0.3, -0.25) is 4.79 Å². The summed E-state index contributed by atoms with van der Waals surface area (Å²) in [4.78, 5) is 22.2. The van der Waals surface area contributed by atoms with Crippen LogP contribution in [0.15, 0.2) is 17.6 Å². The molecule has 1 amide bonds. The van der Waals surface area contributed by atoms with Crippen LogP contribution in [0.1, 0.15) is 19.4 Å². The number of H-pyrrole nitrogens is 1. The molecule has 0 saturated carbocycles. The first-order valence-electron chi connectivity index (χ1n) is 6.11. The van der Waals surface area contributed by atoms with Crippen LogP contribution in [0.25, 0.3) is 17.1 Å². The molecule has 0 saturated heterocycles. The average molecular weight is 295 g/mol. The maximum Gasteiger partial charge on any atom is 0.260 e. The number of primary amides is 1. The molecular formula is C13H15ClN4O2. The van der Waals surface area contributed by atoms with Gasteiger partial charge in [0.15, 0.2) is 0 Å². The minimum absolute atomic E-state index is 0.0652. The van der Waals surface area contributed by atoms with Crippen LogP contribution < -0.4 is 10.5 Å². The molecule has 0 spiro atoms. The van der Waals surface area contributed by atoms with Crippen molar-refractivity contribution in [2.45, 2.75) is 13.8 Å². The summed E-state index contributed by atoms with van der Waals surface area (Å²) in [6.45, 7) is 4.62. The van der Waals surface area contributed by atoms with Gasteiger partial charge in [0.2, 0.25) is 5.88 Å². The summed E-state index contributed by atoms with van der Waals surface area (Å²) in [5, 5.41) is 0.608. The van der Waals surface area contributed by atoms with Gasteiger partial charge in [-0.2, -0.15) is 0 Å². The van der Waals surface area contributed by atoms with E-state index in [1.165, 1.54) is 12.4 Å². The van der Waals surface area contributed by atoms with Gasteiger partial charge in [-0.05, 0) is 12.0 Å². The molecule has 2 rings (SSSR count). The zero-order valence-electron chi connectivity index (χ0n) is 11.2. The molecule has 0 atom stereocenters. The highest BCUT2D eigenvalue weighted by Crippen LogP contribution is 2.27. The minimum Gasteiger partial charge on any atom is -0.477 e. The molecule has 7 heteroatoms. The van der Waals surface area contributed by atoms with Crippen molar-refractivity contribution in [2.75, 3.05) is 6.61 Å². The Kier molecular flexibility index (Phi) is 4.24. The molecule has 106 valence electrons. The Labute approximate surface area is 121 Å². The summed E-state index contributed by atoms with van der Waals surface area (Å²) in [5.74, 6) is 0.125. The lowest BCUT2D eigenvalue weighted by atomic mass is 10.2. The summed E-state index contributed by atoms with van der Waals surface area (Å²) in [7, 11) is 0. The molecule has 0 aliphatic heterocycles. The zero-order chi connectivity index (χ0) is 14.7. The number of hydrogen-bond donors (Lipinski definition) is 2. The van der Waals surface area contributed by atoms with E-state index in [1.807, 2.05) is 13.8 Å². The van der Waals surface area contributed by atoms with E-state index < -0.39 is 5.91 Å². The van der Waals surface area contributed by atoms with Crippen molar-refractivity contribution in [1.82, 2.24) is 15.0 Å². The fourth-order valence-electron chi connectivity index (χ4n) is 1.63. The fraction of sp³-hybridized carbons (Fsp3) is 0.308. The average Bonchev–Trinajstić information content (AvgIpc) is 2.80. The highest BCUT2D eigenvalue weighted by atomic mass is 35.5. The van der Waals surface area contributed by atoms with Gasteiger partial charge in [-0.25, -0.2) is 9.97 Å². The van der Waals surface area contributed by atoms with Crippen LogP contribution in [0.5, 0.6) is 5.88 Å². The normalized spacial score (nSPS) is 12.1. The van der Waals surface area contributed by atoms with Crippen molar-refractivity contribution >= 4 is 34.6 Å². The molecule has 0 fully saturated rings. The Bertz CT molecular complexity index is 663. The third kappa shape index (κ3) is 3.08. The Morgan fingerprint density at radius 1 is 1.55 bits per heavy atom. The van der Waals surface area contributed by atoms with E-state index in [4.69, 9.17) is 22.1 Å². The van der Waals surface area contributed by atoms with Gasteiger partial charge in [0.1, 0.15) is 17.0 Å².